The van der Waals surface area contributed by atoms with Crippen LogP contribution >= 0.6 is 0 Å². The van der Waals surface area contributed by atoms with Gasteiger partial charge in [-0.05, 0) is 41.8 Å². The molecule has 2 atom stereocenters. The fraction of sp³-hybridized carbons (Fsp3) is 0.222. The summed E-state index contributed by atoms with van der Waals surface area (Å²) in [7, 11) is 0. The van der Waals surface area contributed by atoms with Gasteiger partial charge in [0.25, 0.3) is 0 Å². The molecule has 2 aromatic rings. The van der Waals surface area contributed by atoms with Crippen LogP contribution in [0.5, 0.6) is 11.5 Å². The van der Waals surface area contributed by atoms with E-state index < -0.39 is 6.10 Å². The number of hydrogen-bond donors (Lipinski definition) is 4. The highest BCUT2D eigenvalue weighted by molar-refractivity contribution is 5.50. The summed E-state index contributed by atoms with van der Waals surface area (Å²) in [6.07, 6.45) is 3.48. The lowest BCUT2D eigenvalue weighted by Crippen LogP contribution is -2.15. The van der Waals surface area contributed by atoms with E-state index in [1.165, 1.54) is 12.1 Å². The van der Waals surface area contributed by atoms with Crippen molar-refractivity contribution >= 4 is 6.08 Å². The van der Waals surface area contributed by atoms with Crippen LogP contribution in [0.15, 0.2) is 54.6 Å². The summed E-state index contributed by atoms with van der Waals surface area (Å²) in [5.74, 6) is 0.0368. The molecule has 0 saturated carbocycles. The van der Waals surface area contributed by atoms with E-state index in [4.69, 9.17) is 0 Å². The van der Waals surface area contributed by atoms with E-state index in [0.717, 1.165) is 5.56 Å². The molecule has 0 fully saturated rings. The molecule has 0 aliphatic rings. The predicted octanol–water partition coefficient (Wildman–Crippen LogP) is 2.84. The lowest BCUT2D eigenvalue weighted by Gasteiger charge is -2.20. The van der Waals surface area contributed by atoms with Gasteiger partial charge in [0.15, 0.2) is 0 Å². The molecule has 2 rings (SSSR count). The molecule has 4 N–H and O–H groups in total. The van der Waals surface area contributed by atoms with Crippen LogP contribution in [-0.2, 0) is 0 Å². The molecule has 0 spiro atoms. The van der Waals surface area contributed by atoms with Crippen molar-refractivity contribution < 1.29 is 20.4 Å². The van der Waals surface area contributed by atoms with Crippen LogP contribution in [-0.4, -0.2) is 27.0 Å². The first-order chi connectivity index (χ1) is 10.6. The third-order valence-corrected chi connectivity index (χ3v) is 3.56. The van der Waals surface area contributed by atoms with Crippen molar-refractivity contribution in [2.45, 2.75) is 12.5 Å². The molecule has 0 aliphatic carbocycles. The minimum atomic E-state index is -0.796. The van der Waals surface area contributed by atoms with E-state index in [0.29, 0.717) is 12.0 Å². The molecule has 0 saturated heterocycles. The molecule has 0 heterocycles. The maximum Gasteiger partial charge on any atom is 0.115 e. The number of phenols is 2. The topological polar surface area (TPSA) is 80.9 Å². The molecule has 0 aromatic heterocycles. The molecule has 22 heavy (non-hydrogen) atoms. The summed E-state index contributed by atoms with van der Waals surface area (Å²) in [5, 5.41) is 38.2. The minimum absolute atomic E-state index is 0.137. The maximum atomic E-state index is 10.3. The summed E-state index contributed by atoms with van der Waals surface area (Å²) in [4.78, 5) is 0. The van der Waals surface area contributed by atoms with Crippen molar-refractivity contribution in [3.8, 4) is 11.5 Å². The van der Waals surface area contributed by atoms with Crippen LogP contribution in [0, 0.1) is 5.92 Å². The molecule has 4 heteroatoms. The Hall–Kier alpha value is -2.30. The van der Waals surface area contributed by atoms with Gasteiger partial charge in [-0.15, -0.1) is 0 Å². The second kappa shape index (κ2) is 7.64. The summed E-state index contributed by atoms with van der Waals surface area (Å²) < 4.78 is 0. The van der Waals surface area contributed by atoms with Crippen molar-refractivity contribution in [1.82, 2.24) is 0 Å². The minimum Gasteiger partial charge on any atom is -0.508 e. The molecule has 2 aromatic carbocycles. The zero-order valence-electron chi connectivity index (χ0n) is 12.1. The number of aliphatic hydroxyl groups is 2. The molecular weight excluding hydrogens is 280 g/mol. The molecule has 0 radical (unpaired) electrons. The molecule has 0 amide bonds. The Morgan fingerprint density at radius 3 is 1.95 bits per heavy atom. The van der Waals surface area contributed by atoms with E-state index in [1.807, 2.05) is 12.2 Å². The molecule has 2 unspecified atom stereocenters. The molecule has 116 valence electrons. The summed E-state index contributed by atoms with van der Waals surface area (Å²) in [6, 6.07) is 13.1. The Kier molecular flexibility index (Phi) is 5.58. The Morgan fingerprint density at radius 2 is 1.41 bits per heavy atom. The fourth-order valence-electron chi connectivity index (χ4n) is 2.21. The zero-order valence-corrected chi connectivity index (χ0v) is 12.1. The molecule has 4 nitrogen and oxygen atoms in total. The van der Waals surface area contributed by atoms with Crippen LogP contribution in [0.1, 0.15) is 23.7 Å². The highest BCUT2D eigenvalue weighted by Gasteiger charge is 2.18. The highest BCUT2D eigenvalue weighted by Crippen LogP contribution is 2.26. The lowest BCUT2D eigenvalue weighted by molar-refractivity contribution is 0.0684. The number of aliphatic hydroxyl groups excluding tert-OH is 2. The van der Waals surface area contributed by atoms with Gasteiger partial charge < -0.3 is 20.4 Å². The van der Waals surface area contributed by atoms with Gasteiger partial charge in [-0.1, -0.05) is 36.4 Å². The first-order valence-corrected chi connectivity index (χ1v) is 7.13. The van der Waals surface area contributed by atoms with E-state index in [1.54, 1.807) is 36.4 Å². The third kappa shape index (κ3) is 4.35. The van der Waals surface area contributed by atoms with E-state index >= 15 is 0 Å². The van der Waals surface area contributed by atoms with Crippen molar-refractivity contribution in [2.75, 3.05) is 6.61 Å². The van der Waals surface area contributed by atoms with Crippen LogP contribution in [0.2, 0.25) is 0 Å². The summed E-state index contributed by atoms with van der Waals surface area (Å²) in [5.41, 5.74) is 1.60. The normalized spacial score (nSPS) is 14.1. The van der Waals surface area contributed by atoms with Gasteiger partial charge in [-0.2, -0.15) is 0 Å². The Balaban J connectivity index is 1.99. The van der Waals surface area contributed by atoms with Gasteiger partial charge in [0.05, 0.1) is 6.10 Å². The molecule has 0 bridgehead atoms. The van der Waals surface area contributed by atoms with Crippen molar-refractivity contribution in [3.63, 3.8) is 0 Å². The van der Waals surface area contributed by atoms with Crippen molar-refractivity contribution in [3.05, 3.63) is 65.7 Å². The third-order valence-electron chi connectivity index (χ3n) is 3.56. The first kappa shape index (κ1) is 16.1. The zero-order chi connectivity index (χ0) is 15.9. The first-order valence-electron chi connectivity index (χ1n) is 7.13. The average molecular weight is 300 g/mol. The van der Waals surface area contributed by atoms with Crippen LogP contribution in [0.3, 0.4) is 0 Å². The van der Waals surface area contributed by atoms with Gasteiger partial charge in [-0.25, -0.2) is 0 Å². The largest absolute Gasteiger partial charge is 0.508 e. The van der Waals surface area contributed by atoms with Gasteiger partial charge in [-0.3, -0.25) is 0 Å². The van der Waals surface area contributed by atoms with Gasteiger partial charge in [0.1, 0.15) is 11.5 Å². The highest BCUT2D eigenvalue weighted by atomic mass is 16.3. The number of allylic oxidation sites excluding steroid dienone is 1. The quantitative estimate of drug-likeness (QED) is 0.661. The fourth-order valence-corrected chi connectivity index (χ4v) is 2.21. The van der Waals surface area contributed by atoms with Crippen LogP contribution in [0.4, 0.5) is 0 Å². The Labute approximate surface area is 129 Å². The average Bonchev–Trinajstić information content (AvgIpc) is 2.53. The number of aromatic hydroxyl groups is 2. The molecular formula is C18H20O4. The maximum absolute atomic E-state index is 10.3. The van der Waals surface area contributed by atoms with Crippen LogP contribution in [0.25, 0.3) is 6.08 Å². The van der Waals surface area contributed by atoms with E-state index in [2.05, 4.69) is 0 Å². The standard InChI is InChI=1S/C18H20O4/c19-12-15(18(22)14-6-10-17(21)11-7-14)3-1-2-13-4-8-16(20)9-5-13/h1-2,4-11,15,18-22H,3,12H2. The van der Waals surface area contributed by atoms with Crippen LogP contribution < -0.4 is 0 Å². The monoisotopic (exact) mass is 300 g/mol. The predicted molar refractivity (Wildman–Crippen MR) is 85.4 cm³/mol. The second-order valence-corrected chi connectivity index (χ2v) is 5.21. The van der Waals surface area contributed by atoms with E-state index in [-0.39, 0.29) is 24.0 Å². The Morgan fingerprint density at radius 1 is 0.864 bits per heavy atom. The van der Waals surface area contributed by atoms with E-state index in [9.17, 15) is 20.4 Å². The number of rotatable bonds is 6. The van der Waals surface area contributed by atoms with Gasteiger partial charge >= 0.3 is 0 Å². The molecule has 0 aliphatic heterocycles. The number of hydrogen-bond acceptors (Lipinski definition) is 4. The summed E-state index contributed by atoms with van der Waals surface area (Å²) in [6.45, 7) is -0.137. The lowest BCUT2D eigenvalue weighted by atomic mass is 9.93. The van der Waals surface area contributed by atoms with Crippen molar-refractivity contribution in [2.24, 2.45) is 5.92 Å². The second-order valence-electron chi connectivity index (χ2n) is 5.21. The SMILES string of the molecule is OCC(CC=Cc1ccc(O)cc1)C(O)c1ccc(O)cc1. The summed E-state index contributed by atoms with van der Waals surface area (Å²) >= 11 is 0. The van der Waals surface area contributed by atoms with Gasteiger partial charge in [0, 0.05) is 12.5 Å². The van der Waals surface area contributed by atoms with Gasteiger partial charge in [0.2, 0.25) is 0 Å². The Bertz CT molecular complexity index is 602. The number of phenolic OH excluding ortho intramolecular Hbond substituents is 2. The smallest absolute Gasteiger partial charge is 0.115 e. The van der Waals surface area contributed by atoms with Crippen molar-refractivity contribution in [1.29, 1.82) is 0 Å². The number of benzene rings is 2.